The molecule has 0 saturated carbocycles. The molecular formula is C13H16N2OS. The molecular weight excluding hydrogens is 232 g/mol. The Morgan fingerprint density at radius 2 is 2.35 bits per heavy atom. The van der Waals surface area contributed by atoms with Crippen LogP contribution in [0.3, 0.4) is 0 Å². The van der Waals surface area contributed by atoms with E-state index in [0.29, 0.717) is 6.61 Å². The lowest BCUT2D eigenvalue weighted by atomic mass is 10.1. The molecule has 0 aliphatic rings. The van der Waals surface area contributed by atoms with Crippen molar-refractivity contribution in [2.45, 2.75) is 19.4 Å². The first kappa shape index (κ1) is 12.1. The molecule has 1 unspecified atom stereocenters. The summed E-state index contributed by atoms with van der Waals surface area (Å²) in [5.74, 6) is 0.788. The summed E-state index contributed by atoms with van der Waals surface area (Å²) in [6.45, 7) is 2.79. The number of nitrogens with two attached hydrogens (primary N) is 1. The van der Waals surface area contributed by atoms with Gasteiger partial charge in [-0.3, -0.25) is 4.98 Å². The molecule has 2 heterocycles. The summed E-state index contributed by atoms with van der Waals surface area (Å²) in [5, 5.41) is 2.03. The second kappa shape index (κ2) is 5.80. The maximum Gasteiger partial charge on any atom is 0.137 e. The van der Waals surface area contributed by atoms with Gasteiger partial charge in [0.15, 0.2) is 0 Å². The zero-order valence-electron chi connectivity index (χ0n) is 9.80. The molecule has 4 heteroatoms. The number of hydrogen-bond acceptors (Lipinski definition) is 4. The molecule has 0 radical (unpaired) electrons. The highest BCUT2D eigenvalue weighted by atomic mass is 32.1. The summed E-state index contributed by atoms with van der Waals surface area (Å²) in [4.78, 5) is 5.31. The van der Waals surface area contributed by atoms with E-state index in [-0.39, 0.29) is 6.04 Å². The van der Waals surface area contributed by atoms with Crippen molar-refractivity contribution in [3.05, 3.63) is 46.4 Å². The lowest BCUT2D eigenvalue weighted by Gasteiger charge is -2.11. The number of thiophene rings is 1. The van der Waals surface area contributed by atoms with E-state index in [0.717, 1.165) is 22.6 Å². The number of pyridine rings is 1. The zero-order chi connectivity index (χ0) is 12.1. The van der Waals surface area contributed by atoms with Crippen LogP contribution in [-0.2, 0) is 0 Å². The van der Waals surface area contributed by atoms with Crippen LogP contribution >= 0.6 is 11.3 Å². The van der Waals surface area contributed by atoms with Gasteiger partial charge in [-0.15, -0.1) is 11.3 Å². The van der Waals surface area contributed by atoms with Gasteiger partial charge >= 0.3 is 0 Å². The maximum atomic E-state index is 6.17. The molecule has 0 aliphatic heterocycles. The summed E-state index contributed by atoms with van der Waals surface area (Å²) in [7, 11) is 0. The molecule has 1 atom stereocenters. The Kier molecular flexibility index (Phi) is 4.12. The lowest BCUT2D eigenvalue weighted by Crippen LogP contribution is -2.10. The van der Waals surface area contributed by atoms with Crippen molar-refractivity contribution in [1.29, 1.82) is 0 Å². The number of hydrogen-bond donors (Lipinski definition) is 1. The Morgan fingerprint density at radius 3 is 3.06 bits per heavy atom. The number of nitrogens with zero attached hydrogens (tertiary/aromatic N) is 1. The SMILES string of the molecule is CCCOc1cncc(C(N)c2cccs2)c1. The monoisotopic (exact) mass is 248 g/mol. The summed E-state index contributed by atoms with van der Waals surface area (Å²) < 4.78 is 5.55. The smallest absolute Gasteiger partial charge is 0.137 e. The molecule has 2 aromatic rings. The van der Waals surface area contributed by atoms with Gasteiger partial charge < -0.3 is 10.5 Å². The van der Waals surface area contributed by atoms with E-state index < -0.39 is 0 Å². The van der Waals surface area contributed by atoms with Crippen LogP contribution in [0.25, 0.3) is 0 Å². The Morgan fingerprint density at radius 1 is 1.47 bits per heavy atom. The third-order valence-corrected chi connectivity index (χ3v) is 3.37. The van der Waals surface area contributed by atoms with Crippen LogP contribution in [0.15, 0.2) is 36.0 Å². The van der Waals surface area contributed by atoms with E-state index in [1.807, 2.05) is 23.6 Å². The van der Waals surface area contributed by atoms with Crippen molar-refractivity contribution in [2.24, 2.45) is 5.73 Å². The van der Waals surface area contributed by atoms with Gasteiger partial charge in [-0.1, -0.05) is 13.0 Å². The van der Waals surface area contributed by atoms with Gasteiger partial charge in [-0.2, -0.15) is 0 Å². The first-order valence-electron chi connectivity index (χ1n) is 5.68. The van der Waals surface area contributed by atoms with Crippen LogP contribution in [0.4, 0.5) is 0 Å². The largest absolute Gasteiger partial charge is 0.492 e. The Bertz CT molecular complexity index is 456. The number of aromatic nitrogens is 1. The normalized spacial score (nSPS) is 12.4. The van der Waals surface area contributed by atoms with Gasteiger partial charge in [0.05, 0.1) is 18.8 Å². The molecule has 0 amide bonds. The van der Waals surface area contributed by atoms with Crippen LogP contribution in [-0.4, -0.2) is 11.6 Å². The minimum Gasteiger partial charge on any atom is -0.492 e. The molecule has 2 rings (SSSR count). The average Bonchev–Trinajstić information content (AvgIpc) is 2.89. The topological polar surface area (TPSA) is 48.1 Å². The van der Waals surface area contributed by atoms with Crippen LogP contribution < -0.4 is 10.5 Å². The second-order valence-electron chi connectivity index (χ2n) is 3.80. The highest BCUT2D eigenvalue weighted by Gasteiger charge is 2.10. The fourth-order valence-electron chi connectivity index (χ4n) is 1.54. The van der Waals surface area contributed by atoms with E-state index in [4.69, 9.17) is 10.5 Å². The number of rotatable bonds is 5. The van der Waals surface area contributed by atoms with E-state index in [2.05, 4.69) is 11.9 Å². The molecule has 0 aromatic carbocycles. The Labute approximate surface area is 105 Å². The highest BCUT2D eigenvalue weighted by molar-refractivity contribution is 7.10. The van der Waals surface area contributed by atoms with Crippen molar-refractivity contribution in [2.75, 3.05) is 6.61 Å². The Balaban J connectivity index is 2.15. The van der Waals surface area contributed by atoms with E-state index in [9.17, 15) is 0 Å². The molecule has 2 N–H and O–H groups in total. The molecule has 0 fully saturated rings. The van der Waals surface area contributed by atoms with Gasteiger partial charge in [-0.25, -0.2) is 0 Å². The third-order valence-electron chi connectivity index (χ3n) is 2.42. The number of ether oxygens (including phenoxy) is 1. The summed E-state index contributed by atoms with van der Waals surface area (Å²) in [6.07, 6.45) is 4.50. The van der Waals surface area contributed by atoms with Crippen molar-refractivity contribution >= 4 is 11.3 Å². The van der Waals surface area contributed by atoms with Gasteiger partial charge in [0, 0.05) is 11.1 Å². The summed E-state index contributed by atoms with van der Waals surface area (Å²) >= 11 is 1.66. The molecule has 17 heavy (non-hydrogen) atoms. The third kappa shape index (κ3) is 3.05. The fraction of sp³-hybridized carbons (Fsp3) is 0.308. The Hall–Kier alpha value is -1.39. The van der Waals surface area contributed by atoms with Crippen molar-refractivity contribution in [3.8, 4) is 5.75 Å². The summed E-state index contributed by atoms with van der Waals surface area (Å²) in [6, 6.07) is 5.89. The van der Waals surface area contributed by atoms with Crippen LogP contribution in [0.2, 0.25) is 0 Å². The first-order valence-corrected chi connectivity index (χ1v) is 6.56. The maximum absolute atomic E-state index is 6.17. The first-order chi connectivity index (χ1) is 8.31. The summed E-state index contributed by atoms with van der Waals surface area (Å²) in [5.41, 5.74) is 7.16. The van der Waals surface area contributed by atoms with E-state index in [1.165, 1.54) is 0 Å². The van der Waals surface area contributed by atoms with Crippen LogP contribution in [0, 0.1) is 0 Å². The zero-order valence-corrected chi connectivity index (χ0v) is 10.6. The molecule has 2 aromatic heterocycles. The minimum atomic E-state index is -0.118. The predicted molar refractivity (Wildman–Crippen MR) is 70.4 cm³/mol. The molecule has 3 nitrogen and oxygen atoms in total. The van der Waals surface area contributed by atoms with Crippen molar-refractivity contribution in [1.82, 2.24) is 4.98 Å². The van der Waals surface area contributed by atoms with E-state index in [1.54, 1.807) is 23.7 Å². The van der Waals surface area contributed by atoms with Gasteiger partial charge in [0.1, 0.15) is 5.75 Å². The van der Waals surface area contributed by atoms with Crippen LogP contribution in [0.5, 0.6) is 5.75 Å². The quantitative estimate of drug-likeness (QED) is 0.885. The van der Waals surface area contributed by atoms with Crippen molar-refractivity contribution in [3.63, 3.8) is 0 Å². The lowest BCUT2D eigenvalue weighted by molar-refractivity contribution is 0.315. The standard InChI is InChI=1S/C13H16N2OS/c1-2-5-16-11-7-10(8-15-9-11)13(14)12-4-3-6-17-12/h3-4,6-9,13H,2,5,14H2,1H3. The average molecular weight is 248 g/mol. The predicted octanol–water partition coefficient (Wildman–Crippen LogP) is 2.98. The van der Waals surface area contributed by atoms with Gasteiger partial charge in [-0.05, 0) is 29.5 Å². The fourth-order valence-corrected chi connectivity index (χ4v) is 2.29. The molecule has 0 bridgehead atoms. The minimum absolute atomic E-state index is 0.118. The molecule has 0 saturated heterocycles. The molecule has 90 valence electrons. The highest BCUT2D eigenvalue weighted by Crippen LogP contribution is 2.25. The van der Waals surface area contributed by atoms with Crippen molar-refractivity contribution < 1.29 is 4.74 Å². The molecule has 0 spiro atoms. The van der Waals surface area contributed by atoms with Crippen LogP contribution in [0.1, 0.15) is 29.8 Å². The van der Waals surface area contributed by atoms with E-state index >= 15 is 0 Å². The second-order valence-corrected chi connectivity index (χ2v) is 4.77. The van der Waals surface area contributed by atoms with Gasteiger partial charge in [0.2, 0.25) is 0 Å². The molecule has 0 aliphatic carbocycles. The van der Waals surface area contributed by atoms with Gasteiger partial charge in [0.25, 0.3) is 0 Å².